The Morgan fingerprint density at radius 2 is 2.04 bits per heavy atom. The van der Waals surface area contributed by atoms with Gasteiger partial charge in [-0.05, 0) is 23.9 Å². The van der Waals surface area contributed by atoms with Crippen LogP contribution < -0.4 is 16.0 Å². The first-order chi connectivity index (χ1) is 13.1. The highest BCUT2D eigenvalue weighted by Gasteiger charge is 2.34. The molecule has 134 valence electrons. The summed E-state index contributed by atoms with van der Waals surface area (Å²) < 4.78 is 7.37. The molecule has 1 aromatic carbocycles. The lowest BCUT2D eigenvalue weighted by atomic mass is 9.88. The second-order valence-corrected chi connectivity index (χ2v) is 7.36. The summed E-state index contributed by atoms with van der Waals surface area (Å²) in [5.41, 5.74) is 8.38. The molecule has 0 amide bonds. The fourth-order valence-electron chi connectivity index (χ4n) is 3.39. The zero-order valence-corrected chi connectivity index (χ0v) is 15.5. The SMILES string of the molecule is Cc1cc2c(c(=O)n1Cc1ccccc1)[C@@H](c1cccs1)C(C#N)=C(N)O2. The average Bonchev–Trinajstić information content (AvgIpc) is 3.19. The van der Waals surface area contributed by atoms with E-state index in [-0.39, 0.29) is 17.0 Å². The predicted octanol–water partition coefficient (Wildman–Crippen LogP) is 3.48. The van der Waals surface area contributed by atoms with Gasteiger partial charge in [0.15, 0.2) is 0 Å². The van der Waals surface area contributed by atoms with Gasteiger partial charge in [0.2, 0.25) is 5.88 Å². The van der Waals surface area contributed by atoms with Gasteiger partial charge in [-0.15, -0.1) is 11.3 Å². The average molecular weight is 375 g/mol. The van der Waals surface area contributed by atoms with Crippen molar-refractivity contribution >= 4 is 11.3 Å². The number of thiophene rings is 1. The lowest BCUT2D eigenvalue weighted by molar-refractivity contribution is 0.389. The first kappa shape index (κ1) is 17.1. The van der Waals surface area contributed by atoms with Crippen molar-refractivity contribution in [2.75, 3.05) is 0 Å². The number of pyridine rings is 1. The maximum Gasteiger partial charge on any atom is 0.259 e. The summed E-state index contributed by atoms with van der Waals surface area (Å²) in [4.78, 5) is 14.3. The Balaban J connectivity index is 1.92. The monoisotopic (exact) mass is 375 g/mol. The summed E-state index contributed by atoms with van der Waals surface area (Å²) in [5, 5.41) is 11.6. The van der Waals surface area contributed by atoms with E-state index in [1.807, 2.05) is 60.8 Å². The van der Waals surface area contributed by atoms with E-state index in [1.54, 1.807) is 4.57 Å². The first-order valence-corrected chi connectivity index (χ1v) is 9.37. The summed E-state index contributed by atoms with van der Waals surface area (Å²) in [6, 6.07) is 17.6. The molecule has 0 aliphatic carbocycles. The fourth-order valence-corrected chi connectivity index (χ4v) is 4.23. The number of rotatable bonds is 3. The molecule has 1 atom stereocenters. The number of nitrogens with two attached hydrogens (primary N) is 1. The third-order valence-electron chi connectivity index (χ3n) is 4.70. The minimum absolute atomic E-state index is 0.0583. The molecule has 1 aliphatic rings. The lowest BCUT2D eigenvalue weighted by Gasteiger charge is -2.26. The smallest absolute Gasteiger partial charge is 0.259 e. The van der Waals surface area contributed by atoms with Gasteiger partial charge in [0.25, 0.3) is 5.56 Å². The number of hydrogen-bond acceptors (Lipinski definition) is 5. The molecular formula is C21H17N3O2S. The van der Waals surface area contributed by atoms with Crippen molar-refractivity contribution in [3.05, 3.63) is 97.4 Å². The van der Waals surface area contributed by atoms with Crippen LogP contribution in [-0.4, -0.2) is 4.57 Å². The highest BCUT2D eigenvalue weighted by molar-refractivity contribution is 7.10. The maximum absolute atomic E-state index is 13.4. The number of nitriles is 1. The number of nitrogens with zero attached hydrogens (tertiary/aromatic N) is 2. The van der Waals surface area contributed by atoms with Gasteiger partial charge in [0, 0.05) is 16.6 Å². The molecule has 27 heavy (non-hydrogen) atoms. The summed E-state index contributed by atoms with van der Waals surface area (Å²) in [6.45, 7) is 2.32. The van der Waals surface area contributed by atoms with Crippen LogP contribution in [-0.2, 0) is 6.54 Å². The van der Waals surface area contributed by atoms with Crippen LogP contribution in [0.2, 0.25) is 0 Å². The van der Waals surface area contributed by atoms with Crippen LogP contribution in [0.4, 0.5) is 0 Å². The third kappa shape index (κ3) is 2.92. The van der Waals surface area contributed by atoms with Gasteiger partial charge in [0.05, 0.1) is 18.0 Å². The molecule has 0 saturated heterocycles. The van der Waals surface area contributed by atoms with Gasteiger partial charge in [-0.3, -0.25) is 4.79 Å². The quantitative estimate of drug-likeness (QED) is 0.760. The van der Waals surface area contributed by atoms with Crippen molar-refractivity contribution in [2.45, 2.75) is 19.4 Å². The second-order valence-electron chi connectivity index (χ2n) is 6.38. The Hall–Kier alpha value is -3.30. The van der Waals surface area contributed by atoms with Gasteiger partial charge in [0.1, 0.15) is 17.4 Å². The van der Waals surface area contributed by atoms with Crippen LogP contribution in [0, 0.1) is 18.3 Å². The summed E-state index contributed by atoms with van der Waals surface area (Å²) in [7, 11) is 0. The maximum atomic E-state index is 13.4. The first-order valence-electron chi connectivity index (χ1n) is 8.49. The number of ether oxygens (including phenoxy) is 1. The van der Waals surface area contributed by atoms with E-state index in [1.165, 1.54) is 11.3 Å². The molecule has 0 unspecified atom stereocenters. The van der Waals surface area contributed by atoms with Gasteiger partial charge in [-0.2, -0.15) is 5.26 Å². The Bertz CT molecular complexity index is 1120. The summed E-state index contributed by atoms with van der Waals surface area (Å²) >= 11 is 1.49. The molecule has 0 radical (unpaired) electrons. The largest absolute Gasteiger partial charge is 0.440 e. The Morgan fingerprint density at radius 3 is 2.70 bits per heavy atom. The van der Waals surface area contributed by atoms with E-state index in [0.717, 1.165) is 16.1 Å². The topological polar surface area (TPSA) is 81.0 Å². The highest BCUT2D eigenvalue weighted by atomic mass is 32.1. The van der Waals surface area contributed by atoms with E-state index in [4.69, 9.17) is 10.5 Å². The predicted molar refractivity (Wildman–Crippen MR) is 105 cm³/mol. The molecule has 3 heterocycles. The minimum Gasteiger partial charge on any atom is -0.440 e. The molecule has 0 saturated carbocycles. The molecule has 2 N–H and O–H groups in total. The van der Waals surface area contributed by atoms with Crippen molar-refractivity contribution in [1.82, 2.24) is 4.57 Å². The van der Waals surface area contributed by atoms with E-state index in [2.05, 4.69) is 6.07 Å². The third-order valence-corrected chi connectivity index (χ3v) is 5.64. The number of allylic oxidation sites excluding steroid dienone is 1. The van der Waals surface area contributed by atoms with Crippen LogP contribution in [0.1, 0.15) is 27.6 Å². The fraction of sp³-hybridized carbons (Fsp3) is 0.143. The van der Waals surface area contributed by atoms with Gasteiger partial charge in [-0.1, -0.05) is 36.4 Å². The lowest BCUT2D eigenvalue weighted by Crippen LogP contribution is -2.32. The molecule has 0 fully saturated rings. The van der Waals surface area contributed by atoms with E-state index in [9.17, 15) is 10.1 Å². The number of fused-ring (bicyclic) bond motifs is 1. The van der Waals surface area contributed by atoms with Crippen molar-refractivity contribution in [3.63, 3.8) is 0 Å². The molecule has 6 heteroatoms. The number of hydrogen-bond donors (Lipinski definition) is 1. The minimum atomic E-state index is -0.506. The van der Waals surface area contributed by atoms with Gasteiger partial charge < -0.3 is 15.0 Å². The second kappa shape index (κ2) is 6.78. The van der Waals surface area contributed by atoms with Crippen LogP contribution in [0.3, 0.4) is 0 Å². The Kier molecular flexibility index (Phi) is 4.30. The van der Waals surface area contributed by atoms with E-state index >= 15 is 0 Å². The van der Waals surface area contributed by atoms with E-state index in [0.29, 0.717) is 17.9 Å². The Morgan fingerprint density at radius 1 is 1.26 bits per heavy atom. The highest BCUT2D eigenvalue weighted by Crippen LogP contribution is 2.41. The van der Waals surface area contributed by atoms with Gasteiger partial charge in [-0.25, -0.2) is 0 Å². The standard InChI is InChI=1S/C21H17N3O2S/c1-13-10-16-19(21(25)24(13)12-14-6-3-2-4-7-14)18(17-8-5-9-27-17)15(11-22)20(23)26-16/h2-10,18H,12,23H2,1H3/t18-/m1/s1. The molecule has 0 bridgehead atoms. The Labute approximate surface area is 160 Å². The van der Waals surface area contributed by atoms with Crippen molar-refractivity contribution in [2.24, 2.45) is 5.73 Å². The molecule has 3 aromatic rings. The molecule has 1 aliphatic heterocycles. The normalized spacial score (nSPS) is 15.8. The molecule has 5 nitrogen and oxygen atoms in total. The van der Waals surface area contributed by atoms with Gasteiger partial charge >= 0.3 is 0 Å². The van der Waals surface area contributed by atoms with Crippen molar-refractivity contribution in [3.8, 4) is 11.8 Å². The van der Waals surface area contributed by atoms with Crippen LogP contribution in [0.5, 0.6) is 5.75 Å². The van der Waals surface area contributed by atoms with Crippen LogP contribution in [0.25, 0.3) is 0 Å². The van der Waals surface area contributed by atoms with Crippen molar-refractivity contribution < 1.29 is 4.74 Å². The molecule has 2 aromatic heterocycles. The van der Waals surface area contributed by atoms with E-state index < -0.39 is 5.92 Å². The summed E-state index contributed by atoms with van der Waals surface area (Å²) in [5.74, 6) is -0.0198. The summed E-state index contributed by atoms with van der Waals surface area (Å²) in [6.07, 6.45) is 0. The van der Waals surface area contributed by atoms with Crippen LogP contribution in [0.15, 0.2) is 70.2 Å². The zero-order valence-electron chi connectivity index (χ0n) is 14.7. The van der Waals surface area contributed by atoms with Crippen LogP contribution >= 0.6 is 11.3 Å². The molecular weight excluding hydrogens is 358 g/mol. The zero-order chi connectivity index (χ0) is 19.0. The molecule has 0 spiro atoms. The molecule has 4 rings (SSSR count). The number of aryl methyl sites for hydroxylation is 1. The van der Waals surface area contributed by atoms with Crippen molar-refractivity contribution in [1.29, 1.82) is 5.26 Å². The number of benzene rings is 1. The number of aromatic nitrogens is 1.